The predicted octanol–water partition coefficient (Wildman–Crippen LogP) is 3.36. The second-order valence-corrected chi connectivity index (χ2v) is 4.65. The van der Waals surface area contributed by atoms with E-state index in [0.717, 1.165) is 0 Å². The summed E-state index contributed by atoms with van der Waals surface area (Å²) in [6.45, 7) is 4.40. The molecule has 2 unspecified atom stereocenters. The third kappa shape index (κ3) is 3.30. The van der Waals surface area contributed by atoms with E-state index in [1.54, 1.807) is 0 Å². The molecule has 1 rings (SSSR count). The molecule has 0 radical (unpaired) electrons. The van der Waals surface area contributed by atoms with Crippen molar-refractivity contribution in [1.82, 2.24) is 0 Å². The third-order valence-corrected chi connectivity index (χ3v) is 3.46. The van der Waals surface area contributed by atoms with Crippen molar-refractivity contribution in [2.75, 3.05) is 0 Å². The molecule has 13 heavy (non-hydrogen) atoms. The zero-order valence-electron chi connectivity index (χ0n) is 9.13. The van der Waals surface area contributed by atoms with E-state index in [1.807, 2.05) is 0 Å². The Morgan fingerprint density at radius 2 is 1.85 bits per heavy atom. The topological polar surface area (TPSA) is 20.2 Å². The second-order valence-electron chi connectivity index (χ2n) is 4.65. The molecule has 0 aromatic rings. The first-order valence-corrected chi connectivity index (χ1v) is 5.93. The summed E-state index contributed by atoms with van der Waals surface area (Å²) in [6, 6.07) is 0. The molecule has 0 aromatic heterocycles. The summed E-state index contributed by atoms with van der Waals surface area (Å²) in [5.41, 5.74) is 0. The van der Waals surface area contributed by atoms with Gasteiger partial charge in [0.2, 0.25) is 0 Å². The Morgan fingerprint density at radius 3 is 2.38 bits per heavy atom. The summed E-state index contributed by atoms with van der Waals surface area (Å²) < 4.78 is 0. The molecule has 1 fully saturated rings. The van der Waals surface area contributed by atoms with Crippen LogP contribution in [-0.2, 0) is 0 Å². The standard InChI is InChI=1S/C12H24O/c1-3-7-10(2)12(13)11-8-5-4-6-9-11/h10-13H,3-9H2,1-2H3. The van der Waals surface area contributed by atoms with Crippen LogP contribution in [0.5, 0.6) is 0 Å². The van der Waals surface area contributed by atoms with Crippen LogP contribution in [0.4, 0.5) is 0 Å². The fourth-order valence-electron chi connectivity index (χ4n) is 2.57. The molecule has 0 saturated heterocycles. The van der Waals surface area contributed by atoms with Crippen molar-refractivity contribution in [3.63, 3.8) is 0 Å². The zero-order chi connectivity index (χ0) is 9.68. The van der Waals surface area contributed by atoms with E-state index >= 15 is 0 Å². The first-order chi connectivity index (χ1) is 6.25. The summed E-state index contributed by atoms with van der Waals surface area (Å²) in [4.78, 5) is 0. The molecule has 0 aromatic carbocycles. The van der Waals surface area contributed by atoms with E-state index in [0.29, 0.717) is 11.8 Å². The van der Waals surface area contributed by atoms with Crippen molar-refractivity contribution in [3.8, 4) is 0 Å². The van der Waals surface area contributed by atoms with Crippen molar-refractivity contribution in [2.24, 2.45) is 11.8 Å². The average molecular weight is 184 g/mol. The van der Waals surface area contributed by atoms with Gasteiger partial charge in [-0.25, -0.2) is 0 Å². The molecule has 1 saturated carbocycles. The maximum atomic E-state index is 10.1. The van der Waals surface area contributed by atoms with Gasteiger partial charge in [-0.2, -0.15) is 0 Å². The molecule has 1 N–H and O–H groups in total. The van der Waals surface area contributed by atoms with Gasteiger partial charge < -0.3 is 5.11 Å². The molecule has 1 aliphatic carbocycles. The summed E-state index contributed by atoms with van der Waals surface area (Å²) in [6.07, 6.45) is 8.92. The molecule has 0 bridgehead atoms. The maximum Gasteiger partial charge on any atom is 0.0593 e. The molecule has 1 aliphatic rings. The molecular weight excluding hydrogens is 160 g/mol. The smallest absolute Gasteiger partial charge is 0.0593 e. The lowest BCUT2D eigenvalue weighted by molar-refractivity contribution is 0.0364. The molecule has 0 spiro atoms. The van der Waals surface area contributed by atoms with E-state index in [2.05, 4.69) is 13.8 Å². The van der Waals surface area contributed by atoms with Gasteiger partial charge in [0.1, 0.15) is 0 Å². The highest BCUT2D eigenvalue weighted by atomic mass is 16.3. The van der Waals surface area contributed by atoms with Gasteiger partial charge in [0.05, 0.1) is 6.10 Å². The first-order valence-electron chi connectivity index (χ1n) is 5.93. The highest BCUT2D eigenvalue weighted by molar-refractivity contribution is 4.76. The number of aliphatic hydroxyl groups is 1. The summed E-state index contributed by atoms with van der Waals surface area (Å²) in [7, 11) is 0. The van der Waals surface area contributed by atoms with E-state index in [1.165, 1.54) is 44.9 Å². The molecule has 78 valence electrons. The van der Waals surface area contributed by atoms with Crippen molar-refractivity contribution < 1.29 is 5.11 Å². The van der Waals surface area contributed by atoms with Crippen LogP contribution in [0.15, 0.2) is 0 Å². The number of aliphatic hydroxyl groups excluding tert-OH is 1. The van der Waals surface area contributed by atoms with Crippen LogP contribution in [0.3, 0.4) is 0 Å². The predicted molar refractivity (Wildman–Crippen MR) is 56.7 cm³/mol. The number of hydrogen-bond donors (Lipinski definition) is 1. The SMILES string of the molecule is CCCC(C)C(O)C1CCCCC1. The highest BCUT2D eigenvalue weighted by Crippen LogP contribution is 2.30. The van der Waals surface area contributed by atoms with Crippen molar-refractivity contribution in [1.29, 1.82) is 0 Å². The van der Waals surface area contributed by atoms with E-state index < -0.39 is 0 Å². The molecule has 1 nitrogen and oxygen atoms in total. The van der Waals surface area contributed by atoms with Gasteiger partial charge >= 0.3 is 0 Å². The Bertz CT molecular complexity index is 127. The minimum atomic E-state index is -0.0275. The lowest BCUT2D eigenvalue weighted by atomic mass is 9.80. The maximum absolute atomic E-state index is 10.1. The summed E-state index contributed by atoms with van der Waals surface area (Å²) >= 11 is 0. The zero-order valence-corrected chi connectivity index (χ0v) is 9.13. The van der Waals surface area contributed by atoms with Gasteiger partial charge in [0.25, 0.3) is 0 Å². The normalized spacial score (nSPS) is 24.2. The molecular formula is C12H24O. The van der Waals surface area contributed by atoms with Gasteiger partial charge in [0, 0.05) is 0 Å². The van der Waals surface area contributed by atoms with Gasteiger partial charge in [-0.3, -0.25) is 0 Å². The molecule has 0 aliphatic heterocycles. The molecule has 0 amide bonds. The fraction of sp³-hybridized carbons (Fsp3) is 1.00. The Labute approximate surface area is 82.5 Å². The number of rotatable bonds is 4. The Hall–Kier alpha value is -0.0400. The lowest BCUT2D eigenvalue weighted by Gasteiger charge is -2.30. The van der Waals surface area contributed by atoms with E-state index in [4.69, 9.17) is 0 Å². The van der Waals surface area contributed by atoms with E-state index in [-0.39, 0.29) is 6.10 Å². The minimum absolute atomic E-state index is 0.0275. The van der Waals surface area contributed by atoms with Crippen LogP contribution < -0.4 is 0 Å². The third-order valence-electron chi connectivity index (χ3n) is 3.46. The quantitative estimate of drug-likeness (QED) is 0.710. The van der Waals surface area contributed by atoms with Crippen LogP contribution >= 0.6 is 0 Å². The largest absolute Gasteiger partial charge is 0.393 e. The van der Waals surface area contributed by atoms with Crippen molar-refractivity contribution in [3.05, 3.63) is 0 Å². The summed E-state index contributed by atoms with van der Waals surface area (Å²) in [5.74, 6) is 1.11. The first kappa shape index (κ1) is 11.0. The van der Waals surface area contributed by atoms with Crippen LogP contribution in [0.1, 0.15) is 58.8 Å². The summed E-state index contributed by atoms with van der Waals surface area (Å²) in [5, 5.41) is 10.1. The minimum Gasteiger partial charge on any atom is -0.393 e. The van der Waals surface area contributed by atoms with Crippen molar-refractivity contribution in [2.45, 2.75) is 64.9 Å². The second kappa shape index (κ2) is 5.64. The van der Waals surface area contributed by atoms with E-state index in [9.17, 15) is 5.11 Å². The Morgan fingerprint density at radius 1 is 1.23 bits per heavy atom. The molecule has 1 heteroatoms. The van der Waals surface area contributed by atoms with Crippen LogP contribution in [-0.4, -0.2) is 11.2 Å². The molecule has 2 atom stereocenters. The van der Waals surface area contributed by atoms with Gasteiger partial charge in [-0.15, -0.1) is 0 Å². The monoisotopic (exact) mass is 184 g/mol. The van der Waals surface area contributed by atoms with Gasteiger partial charge in [0.15, 0.2) is 0 Å². The highest BCUT2D eigenvalue weighted by Gasteiger charge is 2.25. The van der Waals surface area contributed by atoms with Crippen molar-refractivity contribution >= 4 is 0 Å². The van der Waals surface area contributed by atoms with Gasteiger partial charge in [-0.05, 0) is 31.1 Å². The average Bonchev–Trinajstić information content (AvgIpc) is 2.18. The number of hydrogen-bond acceptors (Lipinski definition) is 1. The Balaban J connectivity index is 2.31. The van der Waals surface area contributed by atoms with Gasteiger partial charge in [-0.1, -0.05) is 39.5 Å². The van der Waals surface area contributed by atoms with Crippen LogP contribution in [0.2, 0.25) is 0 Å². The van der Waals surface area contributed by atoms with Crippen LogP contribution in [0, 0.1) is 11.8 Å². The lowest BCUT2D eigenvalue weighted by Crippen LogP contribution is -2.29. The van der Waals surface area contributed by atoms with Crippen LogP contribution in [0.25, 0.3) is 0 Å². The Kier molecular flexibility index (Phi) is 4.79. The molecule has 0 heterocycles. The fourth-order valence-corrected chi connectivity index (χ4v) is 2.57.